The molecule has 1 aromatic rings. The maximum Gasteiger partial charge on any atom is 0.127 e. The van der Waals surface area contributed by atoms with Crippen molar-refractivity contribution in [1.29, 1.82) is 0 Å². The maximum absolute atomic E-state index is 13.7. The largest absolute Gasteiger partial charge is 0.271 e. The standard InChI is InChI=1S/C13H20ClFN2S/c1-3-9(2)18-8-10(17-16)7-11-12(14)5-4-6-13(11)15/h4-6,9-10,17H,3,7-8,16H2,1-2H3. The lowest BCUT2D eigenvalue weighted by molar-refractivity contribution is 0.546. The second-order valence-electron chi connectivity index (χ2n) is 4.32. The molecule has 0 aliphatic heterocycles. The average molecular weight is 291 g/mol. The van der Waals surface area contributed by atoms with E-state index >= 15 is 0 Å². The van der Waals surface area contributed by atoms with Crippen LogP contribution in [0.1, 0.15) is 25.8 Å². The van der Waals surface area contributed by atoms with Gasteiger partial charge in [0.2, 0.25) is 0 Å². The van der Waals surface area contributed by atoms with Gasteiger partial charge in [0.05, 0.1) is 0 Å². The van der Waals surface area contributed by atoms with E-state index in [1.54, 1.807) is 12.1 Å². The minimum absolute atomic E-state index is 0.0263. The van der Waals surface area contributed by atoms with Crippen LogP contribution in [0.3, 0.4) is 0 Å². The Labute approximate surface area is 117 Å². The van der Waals surface area contributed by atoms with E-state index in [0.29, 0.717) is 22.3 Å². The first kappa shape index (κ1) is 15.8. The number of hydrazine groups is 1. The van der Waals surface area contributed by atoms with Crippen molar-refractivity contribution in [3.63, 3.8) is 0 Å². The van der Waals surface area contributed by atoms with Crippen LogP contribution in [0, 0.1) is 5.82 Å². The summed E-state index contributed by atoms with van der Waals surface area (Å²) in [6.07, 6.45) is 1.62. The third-order valence-corrected chi connectivity index (χ3v) is 4.76. The Balaban J connectivity index is 2.62. The van der Waals surface area contributed by atoms with E-state index < -0.39 is 0 Å². The van der Waals surface area contributed by atoms with E-state index in [9.17, 15) is 4.39 Å². The second-order valence-corrected chi connectivity index (χ2v) is 6.20. The summed E-state index contributed by atoms with van der Waals surface area (Å²) in [5, 5.41) is 1.04. The van der Waals surface area contributed by atoms with Gasteiger partial charge in [-0.15, -0.1) is 0 Å². The zero-order chi connectivity index (χ0) is 13.5. The van der Waals surface area contributed by atoms with Gasteiger partial charge in [-0.1, -0.05) is 31.5 Å². The Morgan fingerprint density at radius 1 is 1.50 bits per heavy atom. The Morgan fingerprint density at radius 3 is 2.78 bits per heavy atom. The molecule has 5 heteroatoms. The summed E-state index contributed by atoms with van der Waals surface area (Å²) in [6.45, 7) is 4.32. The molecule has 18 heavy (non-hydrogen) atoms. The van der Waals surface area contributed by atoms with Crippen LogP contribution in [0.5, 0.6) is 0 Å². The van der Waals surface area contributed by atoms with Crippen molar-refractivity contribution in [3.8, 4) is 0 Å². The number of halogens is 2. The van der Waals surface area contributed by atoms with Crippen molar-refractivity contribution in [1.82, 2.24) is 5.43 Å². The summed E-state index contributed by atoms with van der Waals surface area (Å²) in [4.78, 5) is 0. The quantitative estimate of drug-likeness (QED) is 0.597. The number of nitrogens with one attached hydrogen (secondary N) is 1. The van der Waals surface area contributed by atoms with Gasteiger partial charge in [-0.2, -0.15) is 11.8 Å². The highest BCUT2D eigenvalue weighted by molar-refractivity contribution is 7.99. The third-order valence-electron chi connectivity index (χ3n) is 2.90. The smallest absolute Gasteiger partial charge is 0.127 e. The van der Waals surface area contributed by atoms with Crippen molar-refractivity contribution in [3.05, 3.63) is 34.6 Å². The summed E-state index contributed by atoms with van der Waals surface area (Å²) >= 11 is 7.84. The summed E-state index contributed by atoms with van der Waals surface area (Å²) in [5.41, 5.74) is 3.27. The SMILES string of the molecule is CCC(C)SCC(Cc1c(F)cccc1Cl)NN. The molecule has 0 spiro atoms. The van der Waals surface area contributed by atoms with Crippen LogP contribution in [0.15, 0.2) is 18.2 Å². The first-order chi connectivity index (χ1) is 8.58. The van der Waals surface area contributed by atoms with Gasteiger partial charge in [0.1, 0.15) is 5.82 Å². The fraction of sp³-hybridized carbons (Fsp3) is 0.538. The Bertz CT molecular complexity index is 356. The predicted octanol–water partition coefficient (Wildman–Crippen LogP) is 3.39. The highest BCUT2D eigenvalue weighted by atomic mass is 35.5. The Morgan fingerprint density at radius 2 is 2.22 bits per heavy atom. The number of nitrogens with two attached hydrogens (primary N) is 1. The monoisotopic (exact) mass is 290 g/mol. The van der Waals surface area contributed by atoms with Gasteiger partial charge in [0, 0.05) is 27.6 Å². The lowest BCUT2D eigenvalue weighted by atomic mass is 10.1. The third kappa shape index (κ3) is 4.76. The molecule has 0 fully saturated rings. The molecule has 0 bridgehead atoms. The zero-order valence-electron chi connectivity index (χ0n) is 10.7. The molecule has 0 radical (unpaired) electrons. The molecule has 1 rings (SSSR count). The van der Waals surface area contributed by atoms with Crippen LogP contribution in [-0.2, 0) is 6.42 Å². The molecular formula is C13H20ClFN2S. The molecule has 0 saturated heterocycles. The summed E-state index contributed by atoms with van der Waals surface area (Å²) < 4.78 is 13.7. The molecule has 3 N–H and O–H groups in total. The molecule has 1 aromatic carbocycles. The lowest BCUT2D eigenvalue weighted by Crippen LogP contribution is -2.39. The van der Waals surface area contributed by atoms with Gasteiger partial charge in [-0.25, -0.2) is 4.39 Å². The second kappa shape index (κ2) is 8.00. The summed E-state index contributed by atoms with van der Waals surface area (Å²) in [6, 6.07) is 4.77. The molecule has 0 saturated carbocycles. The molecule has 2 nitrogen and oxygen atoms in total. The van der Waals surface area contributed by atoms with Crippen molar-refractivity contribution in [2.24, 2.45) is 5.84 Å². The van der Waals surface area contributed by atoms with E-state index in [2.05, 4.69) is 19.3 Å². The summed E-state index contributed by atoms with van der Waals surface area (Å²) in [7, 11) is 0. The van der Waals surface area contributed by atoms with Crippen molar-refractivity contribution in [2.45, 2.75) is 38.0 Å². The van der Waals surface area contributed by atoms with E-state index in [0.717, 1.165) is 12.2 Å². The topological polar surface area (TPSA) is 38.0 Å². The van der Waals surface area contributed by atoms with E-state index in [4.69, 9.17) is 17.4 Å². The van der Waals surface area contributed by atoms with Crippen molar-refractivity contribution < 1.29 is 4.39 Å². The van der Waals surface area contributed by atoms with Crippen LogP contribution in [0.4, 0.5) is 4.39 Å². The molecule has 0 heterocycles. The minimum Gasteiger partial charge on any atom is -0.271 e. The molecule has 0 aromatic heterocycles. The van der Waals surface area contributed by atoms with E-state index in [1.165, 1.54) is 6.07 Å². The van der Waals surface area contributed by atoms with Crippen molar-refractivity contribution in [2.75, 3.05) is 5.75 Å². The van der Waals surface area contributed by atoms with Crippen LogP contribution in [0.2, 0.25) is 5.02 Å². The molecule has 102 valence electrons. The van der Waals surface area contributed by atoms with Gasteiger partial charge >= 0.3 is 0 Å². The van der Waals surface area contributed by atoms with Gasteiger partial charge in [-0.05, 0) is 25.0 Å². The van der Waals surface area contributed by atoms with Gasteiger partial charge < -0.3 is 0 Å². The van der Waals surface area contributed by atoms with Gasteiger partial charge in [0.25, 0.3) is 0 Å². The molecule has 0 amide bonds. The molecule has 2 unspecified atom stereocenters. The fourth-order valence-electron chi connectivity index (χ4n) is 1.54. The lowest BCUT2D eigenvalue weighted by Gasteiger charge is -2.18. The Hall–Kier alpha value is -0.290. The Kier molecular flexibility index (Phi) is 7.00. The minimum atomic E-state index is -0.267. The van der Waals surface area contributed by atoms with Crippen LogP contribution < -0.4 is 11.3 Å². The molecular weight excluding hydrogens is 271 g/mol. The van der Waals surface area contributed by atoms with Crippen LogP contribution in [0.25, 0.3) is 0 Å². The van der Waals surface area contributed by atoms with Crippen LogP contribution in [-0.4, -0.2) is 17.0 Å². The number of hydrogen-bond acceptors (Lipinski definition) is 3. The van der Waals surface area contributed by atoms with Crippen LogP contribution >= 0.6 is 23.4 Å². The first-order valence-corrected chi connectivity index (χ1v) is 7.51. The number of rotatable bonds is 7. The fourth-order valence-corrected chi connectivity index (χ4v) is 2.79. The average Bonchev–Trinajstić information content (AvgIpc) is 2.37. The number of thioether (sulfide) groups is 1. The normalized spacial score (nSPS) is 14.5. The highest BCUT2D eigenvalue weighted by Crippen LogP contribution is 2.22. The van der Waals surface area contributed by atoms with Gasteiger partial charge in [0.15, 0.2) is 0 Å². The summed E-state index contributed by atoms with van der Waals surface area (Å²) in [5.74, 6) is 6.10. The van der Waals surface area contributed by atoms with Crippen molar-refractivity contribution >= 4 is 23.4 Å². The zero-order valence-corrected chi connectivity index (χ0v) is 12.3. The van der Waals surface area contributed by atoms with E-state index in [1.807, 2.05) is 11.8 Å². The number of benzene rings is 1. The highest BCUT2D eigenvalue weighted by Gasteiger charge is 2.15. The van der Waals surface area contributed by atoms with Gasteiger partial charge in [-0.3, -0.25) is 11.3 Å². The maximum atomic E-state index is 13.7. The first-order valence-electron chi connectivity index (χ1n) is 6.09. The molecule has 2 atom stereocenters. The number of hydrogen-bond donors (Lipinski definition) is 2. The molecule has 0 aliphatic rings. The van der Waals surface area contributed by atoms with E-state index in [-0.39, 0.29) is 11.9 Å². The molecule has 0 aliphatic carbocycles. The predicted molar refractivity (Wildman–Crippen MR) is 78.4 cm³/mol.